The predicted octanol–water partition coefficient (Wildman–Crippen LogP) is 2.71. The van der Waals surface area contributed by atoms with Crippen molar-refractivity contribution in [3.8, 4) is 0 Å². The van der Waals surface area contributed by atoms with Crippen LogP contribution in [0.25, 0.3) is 10.9 Å². The smallest absolute Gasteiger partial charge is 0.252 e. The molecule has 0 radical (unpaired) electrons. The summed E-state index contributed by atoms with van der Waals surface area (Å²) >= 11 is 0. The molecule has 1 fully saturated rings. The summed E-state index contributed by atoms with van der Waals surface area (Å²) in [5.74, 6) is 0.521. The zero-order valence-electron chi connectivity index (χ0n) is 11.7. The van der Waals surface area contributed by atoms with E-state index in [1.807, 2.05) is 30.5 Å². The lowest BCUT2D eigenvalue weighted by Crippen LogP contribution is -2.40. The summed E-state index contributed by atoms with van der Waals surface area (Å²) in [5, 5.41) is 4.12. The quantitative estimate of drug-likeness (QED) is 0.902. The molecule has 4 nitrogen and oxygen atoms in total. The second-order valence-corrected chi connectivity index (χ2v) is 5.46. The number of fused-ring (bicyclic) bond motifs is 1. The molecule has 1 aromatic carbocycles. The minimum absolute atomic E-state index is 0.00851. The van der Waals surface area contributed by atoms with E-state index in [4.69, 9.17) is 4.74 Å². The van der Waals surface area contributed by atoms with E-state index in [2.05, 4.69) is 17.2 Å². The van der Waals surface area contributed by atoms with E-state index in [1.54, 1.807) is 0 Å². The Morgan fingerprint density at radius 3 is 2.95 bits per heavy atom. The Morgan fingerprint density at radius 1 is 1.35 bits per heavy atom. The lowest BCUT2D eigenvalue weighted by Gasteiger charge is -2.28. The molecule has 0 saturated carbocycles. The molecule has 2 aromatic rings. The van der Waals surface area contributed by atoms with Crippen molar-refractivity contribution in [1.82, 2.24) is 10.3 Å². The highest BCUT2D eigenvalue weighted by Crippen LogP contribution is 2.21. The number of H-pyrrole nitrogens is 1. The molecule has 2 N–H and O–H groups in total. The van der Waals surface area contributed by atoms with Crippen molar-refractivity contribution < 1.29 is 9.53 Å². The number of benzene rings is 1. The SMILES string of the molecule is CC(NC(=O)c1cccc2[nH]ccc12)C1CCOCC1. The molecule has 4 heteroatoms. The topological polar surface area (TPSA) is 54.1 Å². The lowest BCUT2D eigenvalue weighted by molar-refractivity contribution is 0.0538. The fourth-order valence-corrected chi connectivity index (χ4v) is 2.90. The number of ether oxygens (including phenoxy) is 1. The van der Waals surface area contributed by atoms with Gasteiger partial charge in [-0.25, -0.2) is 0 Å². The van der Waals surface area contributed by atoms with Crippen molar-refractivity contribution in [2.75, 3.05) is 13.2 Å². The average Bonchev–Trinajstić information content (AvgIpc) is 2.96. The van der Waals surface area contributed by atoms with Gasteiger partial charge in [-0.15, -0.1) is 0 Å². The molecule has 1 saturated heterocycles. The third kappa shape index (κ3) is 2.56. The number of aromatic nitrogens is 1. The first-order chi connectivity index (χ1) is 9.75. The number of rotatable bonds is 3. The zero-order valence-corrected chi connectivity index (χ0v) is 11.7. The molecule has 0 bridgehead atoms. The molecular formula is C16H20N2O2. The summed E-state index contributed by atoms with van der Waals surface area (Å²) in [4.78, 5) is 15.6. The molecule has 1 atom stereocenters. The number of nitrogens with one attached hydrogen (secondary N) is 2. The molecule has 1 unspecified atom stereocenters. The third-order valence-corrected chi connectivity index (χ3v) is 4.17. The monoisotopic (exact) mass is 272 g/mol. The van der Waals surface area contributed by atoms with Gasteiger partial charge in [-0.2, -0.15) is 0 Å². The first kappa shape index (κ1) is 13.2. The van der Waals surface area contributed by atoms with Gasteiger partial charge in [-0.05, 0) is 43.9 Å². The third-order valence-electron chi connectivity index (χ3n) is 4.17. The number of amides is 1. The summed E-state index contributed by atoms with van der Waals surface area (Å²) in [7, 11) is 0. The van der Waals surface area contributed by atoms with Crippen molar-refractivity contribution >= 4 is 16.8 Å². The van der Waals surface area contributed by atoms with Gasteiger partial charge in [0, 0.05) is 41.9 Å². The van der Waals surface area contributed by atoms with Crippen molar-refractivity contribution in [3.05, 3.63) is 36.0 Å². The van der Waals surface area contributed by atoms with E-state index < -0.39 is 0 Å². The molecule has 2 heterocycles. The fourth-order valence-electron chi connectivity index (χ4n) is 2.90. The van der Waals surface area contributed by atoms with Crippen LogP contribution in [-0.4, -0.2) is 30.1 Å². The average molecular weight is 272 g/mol. The van der Waals surface area contributed by atoms with Crippen LogP contribution in [-0.2, 0) is 4.74 Å². The Morgan fingerprint density at radius 2 is 2.15 bits per heavy atom. The fraction of sp³-hybridized carbons (Fsp3) is 0.438. The molecule has 0 aliphatic carbocycles. The normalized spacial score (nSPS) is 18.1. The van der Waals surface area contributed by atoms with Crippen LogP contribution in [0.15, 0.2) is 30.5 Å². The highest BCUT2D eigenvalue weighted by molar-refractivity contribution is 6.06. The van der Waals surface area contributed by atoms with E-state index in [1.165, 1.54) is 0 Å². The van der Waals surface area contributed by atoms with E-state index in [-0.39, 0.29) is 11.9 Å². The van der Waals surface area contributed by atoms with E-state index in [0.29, 0.717) is 5.92 Å². The Balaban J connectivity index is 1.74. The van der Waals surface area contributed by atoms with Gasteiger partial charge in [0.1, 0.15) is 0 Å². The first-order valence-electron chi connectivity index (χ1n) is 7.20. The van der Waals surface area contributed by atoms with E-state index in [0.717, 1.165) is 42.5 Å². The van der Waals surface area contributed by atoms with Gasteiger partial charge in [0.25, 0.3) is 5.91 Å². The van der Waals surface area contributed by atoms with Crippen LogP contribution in [0.4, 0.5) is 0 Å². The molecule has 1 amide bonds. The van der Waals surface area contributed by atoms with Crippen LogP contribution in [0.1, 0.15) is 30.1 Å². The number of hydrogen-bond donors (Lipinski definition) is 2. The van der Waals surface area contributed by atoms with Gasteiger partial charge in [0.05, 0.1) is 0 Å². The minimum atomic E-state index is 0.00851. The van der Waals surface area contributed by atoms with E-state index >= 15 is 0 Å². The Bertz CT molecular complexity index is 599. The van der Waals surface area contributed by atoms with Crippen LogP contribution in [0, 0.1) is 5.92 Å². The first-order valence-corrected chi connectivity index (χ1v) is 7.20. The standard InChI is InChI=1S/C16H20N2O2/c1-11(12-6-9-20-10-7-12)18-16(19)14-3-2-4-15-13(14)5-8-17-15/h2-5,8,11-12,17H,6-7,9-10H2,1H3,(H,18,19). The Kier molecular flexibility index (Phi) is 3.74. The summed E-state index contributed by atoms with van der Waals surface area (Å²) in [5.41, 5.74) is 1.74. The lowest BCUT2D eigenvalue weighted by atomic mass is 9.92. The molecule has 106 valence electrons. The maximum atomic E-state index is 12.5. The molecule has 1 aliphatic rings. The molecule has 1 aromatic heterocycles. The van der Waals surface area contributed by atoms with Gasteiger partial charge >= 0.3 is 0 Å². The Labute approximate surface area is 118 Å². The summed E-state index contributed by atoms with van der Waals surface area (Å²) < 4.78 is 5.37. The maximum Gasteiger partial charge on any atom is 0.252 e. The predicted molar refractivity (Wildman–Crippen MR) is 78.8 cm³/mol. The van der Waals surface area contributed by atoms with Crippen molar-refractivity contribution in [2.45, 2.75) is 25.8 Å². The molecule has 0 spiro atoms. The van der Waals surface area contributed by atoms with Gasteiger partial charge in [0.2, 0.25) is 0 Å². The van der Waals surface area contributed by atoms with Gasteiger partial charge < -0.3 is 15.0 Å². The maximum absolute atomic E-state index is 12.5. The van der Waals surface area contributed by atoms with Crippen molar-refractivity contribution in [1.29, 1.82) is 0 Å². The minimum Gasteiger partial charge on any atom is -0.381 e. The molecule has 20 heavy (non-hydrogen) atoms. The second-order valence-electron chi connectivity index (χ2n) is 5.46. The van der Waals surface area contributed by atoms with Crippen LogP contribution in [0.3, 0.4) is 0 Å². The van der Waals surface area contributed by atoms with Crippen molar-refractivity contribution in [3.63, 3.8) is 0 Å². The molecule has 1 aliphatic heterocycles. The van der Waals surface area contributed by atoms with Crippen LogP contribution in [0.2, 0.25) is 0 Å². The van der Waals surface area contributed by atoms with Gasteiger partial charge in [-0.1, -0.05) is 6.07 Å². The second kappa shape index (κ2) is 5.67. The van der Waals surface area contributed by atoms with Crippen LogP contribution in [0.5, 0.6) is 0 Å². The zero-order chi connectivity index (χ0) is 13.9. The summed E-state index contributed by atoms with van der Waals surface area (Å²) in [6.45, 7) is 3.70. The summed E-state index contributed by atoms with van der Waals surface area (Å²) in [6, 6.07) is 7.90. The number of hydrogen-bond acceptors (Lipinski definition) is 2. The number of carbonyl (C=O) groups excluding carboxylic acids is 1. The Hall–Kier alpha value is -1.81. The van der Waals surface area contributed by atoms with Gasteiger partial charge in [-0.3, -0.25) is 4.79 Å². The highest BCUT2D eigenvalue weighted by atomic mass is 16.5. The van der Waals surface area contributed by atoms with Gasteiger partial charge in [0.15, 0.2) is 0 Å². The highest BCUT2D eigenvalue weighted by Gasteiger charge is 2.22. The largest absolute Gasteiger partial charge is 0.381 e. The van der Waals surface area contributed by atoms with Crippen LogP contribution < -0.4 is 5.32 Å². The van der Waals surface area contributed by atoms with Crippen molar-refractivity contribution in [2.24, 2.45) is 5.92 Å². The number of aromatic amines is 1. The molecule has 3 rings (SSSR count). The summed E-state index contributed by atoms with van der Waals surface area (Å²) in [6.07, 6.45) is 3.91. The number of carbonyl (C=O) groups is 1. The van der Waals surface area contributed by atoms with Crippen LogP contribution >= 0.6 is 0 Å². The van der Waals surface area contributed by atoms with E-state index in [9.17, 15) is 4.79 Å². The molecular weight excluding hydrogens is 252 g/mol.